The number of anilines is 1. The zero-order valence-corrected chi connectivity index (χ0v) is 17.7. The Balaban J connectivity index is 1.88. The van der Waals surface area contributed by atoms with E-state index in [1.54, 1.807) is 36.4 Å². The molecule has 3 rings (SSSR count). The van der Waals surface area contributed by atoms with Gasteiger partial charge in [0.05, 0.1) is 22.2 Å². The molecule has 0 aliphatic heterocycles. The van der Waals surface area contributed by atoms with Crippen LogP contribution in [0.2, 0.25) is 5.02 Å². The third-order valence-electron chi connectivity index (χ3n) is 4.40. The molecular weight excluding hydrogens is 420 g/mol. The van der Waals surface area contributed by atoms with Crippen LogP contribution in [0.4, 0.5) is 5.69 Å². The minimum Gasteiger partial charge on any atom is -0.348 e. The van der Waals surface area contributed by atoms with Crippen LogP contribution in [-0.2, 0) is 16.6 Å². The molecule has 0 heterocycles. The summed E-state index contributed by atoms with van der Waals surface area (Å²) < 4.78 is 27.8. The number of sulfonamides is 1. The van der Waals surface area contributed by atoms with Gasteiger partial charge in [-0.1, -0.05) is 66.2 Å². The highest BCUT2D eigenvalue weighted by molar-refractivity contribution is 7.92. The second kappa shape index (κ2) is 9.61. The van der Waals surface area contributed by atoms with Crippen LogP contribution in [0, 0.1) is 0 Å². The first kappa shape index (κ1) is 21.6. The van der Waals surface area contributed by atoms with Gasteiger partial charge in [-0.2, -0.15) is 0 Å². The standard InChI is InChI=1S/C23H21ClN2O3S/c1-2-15-26(22-14-7-6-13-21(22)24)30(28,29)20-12-8-11-19(16-20)23(27)25-17-18-9-4-3-5-10-18/h2-14,16H,1,15,17H2,(H,25,27). The van der Waals surface area contributed by atoms with Crippen LogP contribution >= 0.6 is 11.6 Å². The molecule has 0 radical (unpaired) electrons. The monoisotopic (exact) mass is 440 g/mol. The predicted octanol–water partition coefficient (Wildman–Crippen LogP) is 4.65. The molecule has 0 atom stereocenters. The average molecular weight is 441 g/mol. The summed E-state index contributed by atoms with van der Waals surface area (Å²) in [5, 5.41) is 3.11. The maximum Gasteiger partial charge on any atom is 0.264 e. The molecule has 0 spiro atoms. The molecular formula is C23H21ClN2O3S. The molecule has 154 valence electrons. The van der Waals surface area contributed by atoms with Gasteiger partial charge in [-0.25, -0.2) is 8.42 Å². The van der Waals surface area contributed by atoms with Crippen molar-refractivity contribution in [3.05, 3.63) is 108 Å². The molecule has 30 heavy (non-hydrogen) atoms. The zero-order valence-electron chi connectivity index (χ0n) is 16.2. The molecule has 3 aromatic rings. The summed E-state index contributed by atoms with van der Waals surface area (Å²) >= 11 is 6.22. The number of hydrogen-bond donors (Lipinski definition) is 1. The highest BCUT2D eigenvalue weighted by atomic mass is 35.5. The van der Waals surface area contributed by atoms with Gasteiger partial charge in [0.25, 0.3) is 15.9 Å². The fourth-order valence-electron chi connectivity index (χ4n) is 2.90. The second-order valence-corrected chi connectivity index (χ2v) is 8.74. The SMILES string of the molecule is C=CCN(c1ccccc1Cl)S(=O)(=O)c1cccc(C(=O)NCc2ccccc2)c1. The van der Waals surface area contributed by atoms with Gasteiger partial charge >= 0.3 is 0 Å². The maximum absolute atomic E-state index is 13.3. The van der Waals surface area contributed by atoms with Crippen molar-refractivity contribution >= 4 is 33.2 Å². The molecule has 0 unspecified atom stereocenters. The first-order valence-electron chi connectivity index (χ1n) is 9.24. The van der Waals surface area contributed by atoms with E-state index in [9.17, 15) is 13.2 Å². The van der Waals surface area contributed by atoms with Crippen molar-refractivity contribution in [2.24, 2.45) is 0 Å². The summed E-state index contributed by atoms with van der Waals surface area (Å²) in [5.41, 5.74) is 1.55. The molecule has 5 nitrogen and oxygen atoms in total. The number of carbonyl (C=O) groups excluding carboxylic acids is 1. The van der Waals surface area contributed by atoms with Crippen LogP contribution in [0.25, 0.3) is 0 Å². The summed E-state index contributed by atoms with van der Waals surface area (Å²) in [6.07, 6.45) is 1.48. The van der Waals surface area contributed by atoms with Crippen molar-refractivity contribution in [2.75, 3.05) is 10.8 Å². The quantitative estimate of drug-likeness (QED) is 0.518. The van der Waals surface area contributed by atoms with Crippen molar-refractivity contribution in [3.8, 4) is 0 Å². The number of nitrogens with zero attached hydrogens (tertiary/aromatic N) is 1. The number of amides is 1. The first-order valence-corrected chi connectivity index (χ1v) is 11.1. The van der Waals surface area contributed by atoms with Crippen molar-refractivity contribution in [3.63, 3.8) is 0 Å². The third kappa shape index (κ3) is 4.90. The Hall–Kier alpha value is -3.09. The van der Waals surface area contributed by atoms with E-state index in [1.807, 2.05) is 30.3 Å². The van der Waals surface area contributed by atoms with Crippen LogP contribution in [0.5, 0.6) is 0 Å². The van der Waals surface area contributed by atoms with Gasteiger partial charge in [-0.05, 0) is 35.9 Å². The van der Waals surface area contributed by atoms with Crippen molar-refractivity contribution in [1.82, 2.24) is 5.32 Å². The molecule has 1 amide bonds. The molecule has 0 aliphatic rings. The Labute approximate surface area is 181 Å². The minimum atomic E-state index is -3.96. The van der Waals surface area contributed by atoms with E-state index in [-0.39, 0.29) is 22.9 Å². The molecule has 0 saturated carbocycles. The van der Waals surface area contributed by atoms with E-state index in [0.717, 1.165) is 5.56 Å². The Morgan fingerprint density at radius 2 is 1.70 bits per heavy atom. The van der Waals surface area contributed by atoms with Crippen molar-refractivity contribution in [2.45, 2.75) is 11.4 Å². The molecule has 7 heteroatoms. The number of carbonyl (C=O) groups is 1. The van der Waals surface area contributed by atoms with Crippen LogP contribution in [-0.4, -0.2) is 20.9 Å². The second-order valence-electron chi connectivity index (χ2n) is 6.47. The van der Waals surface area contributed by atoms with Gasteiger partial charge in [0.1, 0.15) is 0 Å². The molecule has 0 aromatic heterocycles. The lowest BCUT2D eigenvalue weighted by Gasteiger charge is -2.24. The highest BCUT2D eigenvalue weighted by Gasteiger charge is 2.26. The number of nitrogens with one attached hydrogen (secondary N) is 1. The summed E-state index contributed by atoms with van der Waals surface area (Å²) in [5.74, 6) is -0.357. The summed E-state index contributed by atoms with van der Waals surface area (Å²) in [7, 11) is -3.96. The van der Waals surface area contributed by atoms with E-state index in [2.05, 4.69) is 11.9 Å². The molecule has 0 aliphatic carbocycles. The number of para-hydroxylation sites is 1. The molecule has 0 fully saturated rings. The van der Waals surface area contributed by atoms with Crippen molar-refractivity contribution < 1.29 is 13.2 Å². The van der Waals surface area contributed by atoms with Gasteiger partial charge < -0.3 is 5.32 Å². The fourth-order valence-corrected chi connectivity index (χ4v) is 4.69. The Kier molecular flexibility index (Phi) is 6.92. The van der Waals surface area contributed by atoms with Gasteiger partial charge in [0, 0.05) is 12.1 Å². The number of halogens is 1. The third-order valence-corrected chi connectivity index (χ3v) is 6.49. The Morgan fingerprint density at radius 3 is 2.40 bits per heavy atom. The fraction of sp³-hybridized carbons (Fsp3) is 0.0870. The lowest BCUT2D eigenvalue weighted by molar-refractivity contribution is 0.0950. The Morgan fingerprint density at radius 1 is 1.00 bits per heavy atom. The molecule has 0 bridgehead atoms. The normalized spacial score (nSPS) is 11.0. The van der Waals surface area contributed by atoms with E-state index in [0.29, 0.717) is 17.3 Å². The summed E-state index contributed by atoms with van der Waals surface area (Å²) in [4.78, 5) is 12.6. The number of rotatable bonds is 8. The smallest absolute Gasteiger partial charge is 0.264 e. The summed E-state index contributed by atoms with van der Waals surface area (Å²) in [6, 6.07) is 22.1. The van der Waals surface area contributed by atoms with Gasteiger partial charge in [-0.3, -0.25) is 9.10 Å². The van der Waals surface area contributed by atoms with Crippen LogP contribution in [0.1, 0.15) is 15.9 Å². The van der Waals surface area contributed by atoms with E-state index >= 15 is 0 Å². The highest BCUT2D eigenvalue weighted by Crippen LogP contribution is 2.30. The average Bonchev–Trinajstić information content (AvgIpc) is 2.77. The topological polar surface area (TPSA) is 66.5 Å². The molecule has 1 N–H and O–H groups in total. The lowest BCUT2D eigenvalue weighted by Crippen LogP contribution is -2.31. The minimum absolute atomic E-state index is 0.00312. The van der Waals surface area contributed by atoms with Gasteiger partial charge in [0.2, 0.25) is 0 Å². The van der Waals surface area contributed by atoms with Gasteiger partial charge in [0.15, 0.2) is 0 Å². The van der Waals surface area contributed by atoms with Crippen molar-refractivity contribution in [1.29, 1.82) is 0 Å². The Bertz CT molecular complexity index is 1150. The summed E-state index contributed by atoms with van der Waals surface area (Å²) in [6.45, 7) is 4.03. The van der Waals surface area contributed by atoms with Crippen LogP contribution in [0.3, 0.4) is 0 Å². The van der Waals surface area contributed by atoms with Gasteiger partial charge in [-0.15, -0.1) is 6.58 Å². The largest absolute Gasteiger partial charge is 0.348 e. The number of hydrogen-bond acceptors (Lipinski definition) is 3. The lowest BCUT2D eigenvalue weighted by atomic mass is 10.2. The van der Waals surface area contributed by atoms with E-state index in [1.165, 1.54) is 22.5 Å². The first-order chi connectivity index (χ1) is 14.4. The number of benzene rings is 3. The van der Waals surface area contributed by atoms with Crippen LogP contribution in [0.15, 0.2) is 96.4 Å². The van der Waals surface area contributed by atoms with Crippen LogP contribution < -0.4 is 9.62 Å². The zero-order chi connectivity index (χ0) is 21.6. The molecule has 3 aromatic carbocycles. The van der Waals surface area contributed by atoms with E-state index in [4.69, 9.17) is 11.6 Å². The maximum atomic E-state index is 13.3. The van der Waals surface area contributed by atoms with E-state index < -0.39 is 10.0 Å². The predicted molar refractivity (Wildman–Crippen MR) is 120 cm³/mol. The molecule has 0 saturated heterocycles.